The Kier molecular flexibility index (Phi) is 2.93. The molecule has 0 saturated carbocycles. The van der Waals surface area contributed by atoms with E-state index in [0.717, 1.165) is 39.9 Å². The predicted molar refractivity (Wildman–Crippen MR) is 84.0 cm³/mol. The fourth-order valence-corrected chi connectivity index (χ4v) is 3.31. The molecule has 4 rings (SSSR count). The fraction of sp³-hybridized carbons (Fsp3) is 0.118. The summed E-state index contributed by atoms with van der Waals surface area (Å²) in [5.41, 5.74) is 3.77. The summed E-state index contributed by atoms with van der Waals surface area (Å²) in [6.07, 6.45) is 0.802. The van der Waals surface area contributed by atoms with Crippen LogP contribution >= 0.6 is 15.9 Å². The summed E-state index contributed by atoms with van der Waals surface area (Å²) in [5, 5.41) is 0.731. The number of aromatic nitrogens is 1. The third kappa shape index (κ3) is 2.02. The van der Waals surface area contributed by atoms with Crippen LogP contribution in [0, 0.1) is 5.82 Å². The Morgan fingerprint density at radius 3 is 2.76 bits per heavy atom. The molecule has 1 aliphatic rings. The van der Waals surface area contributed by atoms with Crippen LogP contribution in [0.15, 0.2) is 46.9 Å². The van der Waals surface area contributed by atoms with Crippen LogP contribution in [-0.4, -0.2) is 11.6 Å². The van der Waals surface area contributed by atoms with Crippen molar-refractivity contribution in [1.82, 2.24) is 4.98 Å². The van der Waals surface area contributed by atoms with E-state index in [9.17, 15) is 4.39 Å². The molecule has 0 N–H and O–H groups in total. The van der Waals surface area contributed by atoms with E-state index in [-0.39, 0.29) is 5.82 Å². The lowest BCUT2D eigenvalue weighted by Crippen LogP contribution is -1.94. The topological polar surface area (TPSA) is 22.1 Å². The zero-order valence-corrected chi connectivity index (χ0v) is 12.7. The molecule has 0 amide bonds. The number of benzene rings is 2. The largest absolute Gasteiger partial charge is 0.492 e. The van der Waals surface area contributed by atoms with E-state index in [4.69, 9.17) is 9.72 Å². The fourth-order valence-electron chi connectivity index (χ4n) is 2.79. The zero-order chi connectivity index (χ0) is 14.4. The van der Waals surface area contributed by atoms with Crippen LogP contribution in [0.5, 0.6) is 5.75 Å². The molecular formula is C17H11BrFNO. The van der Waals surface area contributed by atoms with Gasteiger partial charge < -0.3 is 4.74 Å². The summed E-state index contributed by atoms with van der Waals surface area (Å²) < 4.78 is 20.1. The van der Waals surface area contributed by atoms with E-state index < -0.39 is 0 Å². The van der Waals surface area contributed by atoms with Gasteiger partial charge in [0.2, 0.25) is 0 Å². The van der Waals surface area contributed by atoms with Crippen LogP contribution in [0.25, 0.3) is 22.2 Å². The lowest BCUT2D eigenvalue weighted by molar-refractivity contribution is 0.360. The molecule has 2 heterocycles. The SMILES string of the molecule is Fc1cc(Br)c2nc(-c3ccccc3)c3c(c2c1)OCC3. The summed E-state index contributed by atoms with van der Waals surface area (Å²) in [6.45, 7) is 0.615. The second kappa shape index (κ2) is 4.81. The maximum atomic E-state index is 13.7. The summed E-state index contributed by atoms with van der Waals surface area (Å²) in [6, 6.07) is 12.9. The van der Waals surface area contributed by atoms with Gasteiger partial charge in [0.25, 0.3) is 0 Å². The first kappa shape index (κ1) is 12.8. The number of ether oxygens (including phenoxy) is 1. The maximum absolute atomic E-state index is 13.7. The summed E-state index contributed by atoms with van der Waals surface area (Å²) >= 11 is 3.40. The molecule has 2 nitrogen and oxygen atoms in total. The monoisotopic (exact) mass is 343 g/mol. The first-order valence-corrected chi connectivity index (χ1v) is 7.53. The van der Waals surface area contributed by atoms with Crippen LogP contribution in [0.3, 0.4) is 0 Å². The van der Waals surface area contributed by atoms with Gasteiger partial charge in [0.1, 0.15) is 11.6 Å². The number of fused-ring (bicyclic) bond motifs is 3. The van der Waals surface area contributed by atoms with Gasteiger partial charge in [-0.25, -0.2) is 9.37 Å². The van der Waals surface area contributed by atoms with Crippen molar-refractivity contribution in [3.05, 3.63) is 58.3 Å². The van der Waals surface area contributed by atoms with Gasteiger partial charge in [-0.2, -0.15) is 0 Å². The van der Waals surface area contributed by atoms with E-state index >= 15 is 0 Å². The van der Waals surface area contributed by atoms with Crippen LogP contribution < -0.4 is 4.74 Å². The summed E-state index contributed by atoms with van der Waals surface area (Å²) in [4.78, 5) is 4.76. The molecule has 0 aliphatic carbocycles. The highest BCUT2D eigenvalue weighted by Gasteiger charge is 2.23. The lowest BCUT2D eigenvalue weighted by Gasteiger charge is -2.11. The number of rotatable bonds is 1. The van der Waals surface area contributed by atoms with Crippen molar-refractivity contribution in [3.63, 3.8) is 0 Å². The molecule has 0 bridgehead atoms. The van der Waals surface area contributed by atoms with Crippen LogP contribution in [0.2, 0.25) is 0 Å². The van der Waals surface area contributed by atoms with E-state index in [2.05, 4.69) is 15.9 Å². The number of hydrogen-bond acceptors (Lipinski definition) is 2. The third-order valence-corrected chi connectivity index (χ3v) is 4.31. The Balaban J connectivity index is 2.10. The van der Waals surface area contributed by atoms with Gasteiger partial charge in [0.05, 0.1) is 17.8 Å². The van der Waals surface area contributed by atoms with Crippen molar-refractivity contribution in [2.24, 2.45) is 0 Å². The third-order valence-electron chi connectivity index (χ3n) is 3.70. The van der Waals surface area contributed by atoms with E-state index in [1.165, 1.54) is 12.1 Å². The van der Waals surface area contributed by atoms with Crippen molar-refractivity contribution < 1.29 is 9.13 Å². The van der Waals surface area contributed by atoms with Crippen molar-refractivity contribution in [2.45, 2.75) is 6.42 Å². The molecule has 21 heavy (non-hydrogen) atoms. The van der Waals surface area contributed by atoms with Gasteiger partial charge in [-0.3, -0.25) is 0 Å². The Labute approximate surface area is 129 Å². The average Bonchev–Trinajstić information content (AvgIpc) is 2.97. The van der Waals surface area contributed by atoms with Gasteiger partial charge in [-0.05, 0) is 28.1 Å². The molecule has 0 spiro atoms. The van der Waals surface area contributed by atoms with Gasteiger partial charge >= 0.3 is 0 Å². The van der Waals surface area contributed by atoms with Gasteiger partial charge in [0.15, 0.2) is 0 Å². The van der Waals surface area contributed by atoms with Gasteiger partial charge in [-0.1, -0.05) is 30.3 Å². The van der Waals surface area contributed by atoms with E-state index in [0.29, 0.717) is 11.1 Å². The molecule has 0 atom stereocenters. The highest BCUT2D eigenvalue weighted by atomic mass is 79.9. The first-order chi connectivity index (χ1) is 10.2. The molecule has 1 aromatic heterocycles. The van der Waals surface area contributed by atoms with Crippen LogP contribution in [0.1, 0.15) is 5.56 Å². The summed E-state index contributed by atoms with van der Waals surface area (Å²) in [5.74, 6) is 0.473. The van der Waals surface area contributed by atoms with Crippen molar-refractivity contribution >= 4 is 26.8 Å². The highest BCUT2D eigenvalue weighted by Crippen LogP contribution is 2.41. The van der Waals surface area contributed by atoms with Gasteiger partial charge in [-0.15, -0.1) is 0 Å². The Morgan fingerprint density at radius 2 is 1.95 bits per heavy atom. The quantitative estimate of drug-likeness (QED) is 0.636. The molecule has 2 aromatic carbocycles. The molecule has 0 saturated heterocycles. The second-order valence-electron chi connectivity index (χ2n) is 5.02. The zero-order valence-electron chi connectivity index (χ0n) is 11.1. The minimum Gasteiger partial charge on any atom is -0.492 e. The molecule has 1 aliphatic heterocycles. The Hall–Kier alpha value is -1.94. The Morgan fingerprint density at radius 1 is 1.14 bits per heavy atom. The molecule has 0 fully saturated rings. The normalized spacial score (nSPS) is 13.2. The van der Waals surface area contributed by atoms with Crippen LogP contribution in [-0.2, 0) is 6.42 Å². The van der Waals surface area contributed by atoms with Crippen molar-refractivity contribution in [1.29, 1.82) is 0 Å². The first-order valence-electron chi connectivity index (χ1n) is 6.74. The molecular weight excluding hydrogens is 333 g/mol. The average molecular weight is 344 g/mol. The van der Waals surface area contributed by atoms with E-state index in [1.807, 2.05) is 30.3 Å². The van der Waals surface area contributed by atoms with Crippen LogP contribution in [0.4, 0.5) is 4.39 Å². The standard InChI is InChI=1S/C17H11BrFNO/c18-14-9-11(19)8-13-16(14)20-15(10-4-2-1-3-5-10)12-6-7-21-17(12)13/h1-5,8-9H,6-7H2. The van der Waals surface area contributed by atoms with Gasteiger partial charge in [0, 0.05) is 27.4 Å². The second-order valence-corrected chi connectivity index (χ2v) is 5.87. The molecule has 104 valence electrons. The van der Waals surface area contributed by atoms with Crippen molar-refractivity contribution in [2.75, 3.05) is 6.61 Å². The smallest absolute Gasteiger partial charge is 0.134 e. The molecule has 4 heteroatoms. The molecule has 0 unspecified atom stereocenters. The number of halogens is 2. The Bertz CT molecular complexity index is 849. The maximum Gasteiger partial charge on any atom is 0.134 e. The number of pyridine rings is 1. The number of nitrogens with zero attached hydrogens (tertiary/aromatic N) is 1. The minimum atomic E-state index is -0.290. The lowest BCUT2D eigenvalue weighted by atomic mass is 10.0. The van der Waals surface area contributed by atoms with Crippen molar-refractivity contribution in [3.8, 4) is 17.0 Å². The highest BCUT2D eigenvalue weighted by molar-refractivity contribution is 9.10. The van der Waals surface area contributed by atoms with E-state index in [1.54, 1.807) is 0 Å². The number of hydrogen-bond donors (Lipinski definition) is 0. The molecule has 3 aromatic rings. The minimum absolute atomic E-state index is 0.290. The predicted octanol–water partition coefficient (Wildman–Crippen LogP) is 4.74. The summed E-state index contributed by atoms with van der Waals surface area (Å²) in [7, 11) is 0. The molecule has 0 radical (unpaired) electrons.